The Hall–Kier alpha value is 0.400. The smallest absolute Gasteiger partial charge is 0.0558 e. The van der Waals surface area contributed by atoms with Crippen LogP contribution in [-0.4, -0.2) is 41.1 Å². The molecule has 92 valence electrons. The minimum atomic E-state index is 0.273. The molecule has 0 aromatic heterocycles. The number of aliphatic hydroxyl groups is 1. The van der Waals surface area contributed by atoms with Crippen molar-refractivity contribution in [3.05, 3.63) is 0 Å². The Morgan fingerprint density at radius 3 is 2.07 bits per heavy atom. The summed E-state index contributed by atoms with van der Waals surface area (Å²) in [5.41, 5.74) is 0. The molecule has 0 saturated carbocycles. The molecule has 0 fully saturated rings. The van der Waals surface area contributed by atoms with Crippen molar-refractivity contribution in [1.29, 1.82) is 0 Å². The van der Waals surface area contributed by atoms with Gasteiger partial charge in [0.05, 0.1) is 6.61 Å². The third-order valence-corrected chi connectivity index (χ3v) is 4.05. The lowest BCUT2D eigenvalue weighted by molar-refractivity contribution is 0.127. The van der Waals surface area contributed by atoms with Gasteiger partial charge in [0.15, 0.2) is 0 Å². The Morgan fingerprint density at radius 1 is 1.13 bits per heavy atom. The van der Waals surface area contributed by atoms with Crippen LogP contribution < -0.4 is 0 Å². The molecule has 3 heteroatoms. The van der Waals surface area contributed by atoms with E-state index >= 15 is 0 Å². The van der Waals surface area contributed by atoms with Crippen LogP contribution in [0.25, 0.3) is 0 Å². The largest absolute Gasteiger partial charge is 0.395 e. The van der Waals surface area contributed by atoms with Crippen LogP contribution in [0.2, 0.25) is 0 Å². The van der Waals surface area contributed by atoms with Gasteiger partial charge in [-0.25, -0.2) is 0 Å². The maximum atomic E-state index is 9.08. The Labute approximate surface area is 103 Å². The number of alkyl halides is 1. The molecule has 1 N–H and O–H groups in total. The number of hydrogen-bond acceptors (Lipinski definition) is 2. The second-order valence-electron chi connectivity index (χ2n) is 4.12. The van der Waals surface area contributed by atoms with Crippen molar-refractivity contribution in [3.63, 3.8) is 0 Å². The fraction of sp³-hybridized carbons (Fsp3) is 1.00. The second kappa shape index (κ2) is 9.61. The number of aliphatic hydroxyl groups excluding tert-OH is 1. The van der Waals surface area contributed by atoms with Gasteiger partial charge in [-0.15, -0.1) is 0 Å². The van der Waals surface area contributed by atoms with Gasteiger partial charge in [0.1, 0.15) is 0 Å². The lowest BCUT2D eigenvalue weighted by Crippen LogP contribution is -2.40. The van der Waals surface area contributed by atoms with Crippen molar-refractivity contribution >= 4 is 15.9 Å². The highest BCUT2D eigenvalue weighted by Crippen LogP contribution is 2.14. The molecular formula is C12H26BrNO. The molecule has 0 rings (SSSR count). The van der Waals surface area contributed by atoms with E-state index in [1.54, 1.807) is 0 Å². The van der Waals surface area contributed by atoms with Crippen molar-refractivity contribution in [2.75, 3.05) is 25.0 Å². The van der Waals surface area contributed by atoms with Crippen LogP contribution in [-0.2, 0) is 0 Å². The summed E-state index contributed by atoms with van der Waals surface area (Å²) in [6.07, 6.45) is 3.55. The van der Waals surface area contributed by atoms with E-state index in [4.69, 9.17) is 5.11 Å². The van der Waals surface area contributed by atoms with Crippen LogP contribution >= 0.6 is 15.9 Å². The maximum Gasteiger partial charge on any atom is 0.0558 e. The van der Waals surface area contributed by atoms with E-state index in [1.165, 1.54) is 19.3 Å². The van der Waals surface area contributed by atoms with Crippen molar-refractivity contribution in [2.45, 2.75) is 46.1 Å². The van der Waals surface area contributed by atoms with Gasteiger partial charge in [-0.3, -0.25) is 4.90 Å². The molecule has 0 aromatic carbocycles. The zero-order chi connectivity index (χ0) is 11.7. The highest BCUT2D eigenvalue weighted by molar-refractivity contribution is 9.09. The van der Waals surface area contributed by atoms with E-state index in [-0.39, 0.29) is 6.61 Å². The topological polar surface area (TPSA) is 23.5 Å². The van der Waals surface area contributed by atoms with Crippen LogP contribution in [0, 0.1) is 5.92 Å². The van der Waals surface area contributed by atoms with Crippen LogP contribution in [0.5, 0.6) is 0 Å². The predicted octanol–water partition coefficient (Wildman–Crippen LogP) is 2.89. The summed E-state index contributed by atoms with van der Waals surface area (Å²) in [5.74, 6) is 0.706. The van der Waals surface area contributed by atoms with Crippen molar-refractivity contribution in [2.24, 2.45) is 5.92 Å². The van der Waals surface area contributed by atoms with E-state index in [1.807, 2.05) is 0 Å². The standard InChI is InChI=1S/C12H26BrNO/c1-4-11(9-13)10-14(7-8-15)12(5-2)6-3/h11-12,15H,4-10H2,1-3H3. The molecule has 15 heavy (non-hydrogen) atoms. The normalized spacial score (nSPS) is 13.8. The first kappa shape index (κ1) is 15.4. The summed E-state index contributed by atoms with van der Waals surface area (Å²) >= 11 is 3.56. The van der Waals surface area contributed by atoms with Crippen molar-refractivity contribution < 1.29 is 5.11 Å². The second-order valence-corrected chi connectivity index (χ2v) is 4.76. The summed E-state index contributed by atoms with van der Waals surface area (Å²) in [4.78, 5) is 2.44. The van der Waals surface area contributed by atoms with E-state index in [9.17, 15) is 0 Å². The Balaban J connectivity index is 4.22. The molecule has 0 aliphatic heterocycles. The van der Waals surface area contributed by atoms with E-state index < -0.39 is 0 Å². The molecule has 0 radical (unpaired) electrons. The first-order chi connectivity index (χ1) is 7.23. The molecule has 0 saturated heterocycles. The summed E-state index contributed by atoms with van der Waals surface area (Å²) in [5, 5.41) is 10.1. The number of hydrogen-bond donors (Lipinski definition) is 1. The van der Waals surface area contributed by atoms with Crippen LogP contribution in [0.15, 0.2) is 0 Å². The minimum absolute atomic E-state index is 0.273. The average molecular weight is 280 g/mol. The highest BCUT2D eigenvalue weighted by Gasteiger charge is 2.17. The van der Waals surface area contributed by atoms with Gasteiger partial charge in [0.25, 0.3) is 0 Å². The Kier molecular flexibility index (Phi) is 9.87. The highest BCUT2D eigenvalue weighted by atomic mass is 79.9. The summed E-state index contributed by atoms with van der Waals surface area (Å²) in [6, 6.07) is 0.630. The quantitative estimate of drug-likeness (QED) is 0.656. The van der Waals surface area contributed by atoms with Crippen LogP contribution in [0.3, 0.4) is 0 Å². The zero-order valence-corrected chi connectivity index (χ0v) is 12.0. The summed E-state index contributed by atoms with van der Waals surface area (Å²) in [7, 11) is 0. The molecule has 2 nitrogen and oxygen atoms in total. The van der Waals surface area contributed by atoms with Gasteiger partial charge in [0.2, 0.25) is 0 Å². The first-order valence-corrected chi connectivity index (χ1v) is 7.26. The zero-order valence-electron chi connectivity index (χ0n) is 10.4. The third-order valence-electron chi connectivity index (χ3n) is 3.13. The van der Waals surface area contributed by atoms with Crippen molar-refractivity contribution in [3.8, 4) is 0 Å². The third kappa shape index (κ3) is 5.88. The van der Waals surface area contributed by atoms with Gasteiger partial charge >= 0.3 is 0 Å². The molecule has 0 aromatic rings. The molecule has 1 atom stereocenters. The number of nitrogens with zero attached hydrogens (tertiary/aromatic N) is 1. The lowest BCUT2D eigenvalue weighted by Gasteiger charge is -2.32. The van der Waals surface area contributed by atoms with Gasteiger partial charge < -0.3 is 5.11 Å². The average Bonchev–Trinajstić information content (AvgIpc) is 2.27. The molecule has 0 aliphatic carbocycles. The first-order valence-electron chi connectivity index (χ1n) is 6.14. The summed E-state index contributed by atoms with van der Waals surface area (Å²) in [6.45, 7) is 8.89. The molecule has 1 unspecified atom stereocenters. The predicted molar refractivity (Wildman–Crippen MR) is 70.6 cm³/mol. The van der Waals surface area contributed by atoms with E-state index in [0.29, 0.717) is 12.0 Å². The molecule has 0 amide bonds. The fourth-order valence-corrected chi connectivity index (χ4v) is 2.64. The van der Waals surface area contributed by atoms with Gasteiger partial charge in [0, 0.05) is 24.5 Å². The summed E-state index contributed by atoms with van der Waals surface area (Å²) < 4.78 is 0. The number of halogens is 1. The fourth-order valence-electron chi connectivity index (χ4n) is 1.98. The minimum Gasteiger partial charge on any atom is -0.395 e. The maximum absolute atomic E-state index is 9.08. The molecule has 0 spiro atoms. The van der Waals surface area contributed by atoms with Gasteiger partial charge in [-0.05, 0) is 18.8 Å². The molecule has 0 bridgehead atoms. The molecular weight excluding hydrogens is 254 g/mol. The van der Waals surface area contributed by atoms with Crippen LogP contribution in [0.1, 0.15) is 40.0 Å². The van der Waals surface area contributed by atoms with Crippen LogP contribution in [0.4, 0.5) is 0 Å². The Morgan fingerprint density at radius 2 is 1.73 bits per heavy atom. The SMILES string of the molecule is CCC(CBr)CN(CCO)C(CC)CC. The number of rotatable bonds is 9. The Bertz CT molecular complexity index is 136. The van der Waals surface area contributed by atoms with E-state index in [2.05, 4.69) is 41.6 Å². The monoisotopic (exact) mass is 279 g/mol. The lowest BCUT2D eigenvalue weighted by atomic mass is 10.0. The molecule has 0 heterocycles. The molecule has 0 aliphatic rings. The van der Waals surface area contributed by atoms with Gasteiger partial charge in [-0.1, -0.05) is 43.1 Å². The van der Waals surface area contributed by atoms with E-state index in [0.717, 1.165) is 18.4 Å². The van der Waals surface area contributed by atoms with Gasteiger partial charge in [-0.2, -0.15) is 0 Å². The van der Waals surface area contributed by atoms with Crippen molar-refractivity contribution in [1.82, 2.24) is 4.90 Å².